The summed E-state index contributed by atoms with van der Waals surface area (Å²) < 4.78 is 0. The van der Waals surface area contributed by atoms with Gasteiger partial charge in [0.2, 0.25) is 0 Å². The second-order valence-corrected chi connectivity index (χ2v) is 4.13. The average Bonchev–Trinajstić information content (AvgIpc) is 2.80. The number of hydrogen-bond acceptors (Lipinski definition) is 5. The van der Waals surface area contributed by atoms with Crippen LogP contribution in [0.5, 0.6) is 0 Å². The maximum absolute atomic E-state index is 10.8. The Balaban J connectivity index is 1.98. The first-order chi connectivity index (χ1) is 7.75. The number of primary amides is 1. The van der Waals surface area contributed by atoms with Gasteiger partial charge in [0.25, 0.3) is 5.91 Å². The third-order valence-corrected chi connectivity index (χ3v) is 2.82. The van der Waals surface area contributed by atoms with Gasteiger partial charge >= 0.3 is 0 Å². The van der Waals surface area contributed by atoms with Gasteiger partial charge in [-0.2, -0.15) is 0 Å². The van der Waals surface area contributed by atoms with Gasteiger partial charge < -0.3 is 11.1 Å². The van der Waals surface area contributed by atoms with Crippen molar-refractivity contribution in [2.24, 2.45) is 5.73 Å². The van der Waals surface area contributed by atoms with Gasteiger partial charge in [0.15, 0.2) is 5.69 Å². The van der Waals surface area contributed by atoms with Gasteiger partial charge in [0.05, 0.1) is 6.54 Å². The van der Waals surface area contributed by atoms with Crippen molar-refractivity contribution in [3.63, 3.8) is 0 Å². The minimum Gasteiger partial charge on any atom is -0.364 e. The van der Waals surface area contributed by atoms with Gasteiger partial charge in [-0.05, 0) is 23.6 Å². The number of hydrogen-bond donors (Lipinski definition) is 2. The highest BCUT2D eigenvalue weighted by atomic mass is 32.1. The van der Waals surface area contributed by atoms with Crippen LogP contribution in [-0.4, -0.2) is 16.1 Å². The molecule has 2 aromatic heterocycles. The molecule has 0 saturated heterocycles. The van der Waals surface area contributed by atoms with Crippen molar-refractivity contribution in [1.29, 1.82) is 0 Å². The fraction of sp³-hybridized carbons (Fsp3) is 0.100. The molecular formula is C10H10N4OS. The van der Waals surface area contributed by atoms with Crippen molar-refractivity contribution in [3.05, 3.63) is 40.2 Å². The van der Waals surface area contributed by atoms with Gasteiger partial charge in [-0.25, -0.2) is 0 Å². The molecule has 0 fully saturated rings. The van der Waals surface area contributed by atoms with Crippen LogP contribution in [0.3, 0.4) is 0 Å². The number of carbonyl (C=O) groups is 1. The molecule has 0 unspecified atom stereocenters. The summed E-state index contributed by atoms with van der Waals surface area (Å²) in [6.45, 7) is 0.697. The number of rotatable bonds is 4. The molecule has 16 heavy (non-hydrogen) atoms. The Bertz CT molecular complexity index is 466. The Morgan fingerprint density at radius 2 is 2.25 bits per heavy atom. The number of nitrogens with one attached hydrogen (secondary N) is 1. The molecule has 5 nitrogen and oxygen atoms in total. The fourth-order valence-electron chi connectivity index (χ4n) is 1.15. The summed E-state index contributed by atoms with van der Waals surface area (Å²) in [5.74, 6) is 0.0516. The Kier molecular flexibility index (Phi) is 3.11. The lowest BCUT2D eigenvalue weighted by Crippen LogP contribution is -2.14. The van der Waals surface area contributed by atoms with E-state index >= 15 is 0 Å². The Labute approximate surface area is 96.3 Å². The molecule has 6 heteroatoms. The number of thiophene rings is 1. The number of nitrogens with two attached hydrogens (primary N) is 1. The zero-order valence-electron chi connectivity index (χ0n) is 8.38. The molecule has 0 aliphatic heterocycles. The van der Waals surface area contributed by atoms with E-state index in [-0.39, 0.29) is 5.69 Å². The van der Waals surface area contributed by atoms with Gasteiger partial charge in [0.1, 0.15) is 5.82 Å². The average molecular weight is 234 g/mol. The lowest BCUT2D eigenvalue weighted by atomic mass is 10.3. The summed E-state index contributed by atoms with van der Waals surface area (Å²) in [5, 5.41) is 12.6. The molecule has 2 rings (SSSR count). The van der Waals surface area contributed by atoms with E-state index in [9.17, 15) is 4.79 Å². The summed E-state index contributed by atoms with van der Waals surface area (Å²) in [7, 11) is 0. The zero-order valence-corrected chi connectivity index (χ0v) is 9.20. The number of aromatic nitrogens is 2. The normalized spacial score (nSPS) is 10.0. The highest BCUT2D eigenvalue weighted by Crippen LogP contribution is 2.10. The fourth-order valence-corrected chi connectivity index (χ4v) is 1.79. The molecular weight excluding hydrogens is 224 g/mol. The maximum atomic E-state index is 10.8. The first-order valence-electron chi connectivity index (χ1n) is 4.65. The van der Waals surface area contributed by atoms with Crippen molar-refractivity contribution < 1.29 is 4.79 Å². The van der Waals surface area contributed by atoms with Crippen LogP contribution in [0, 0.1) is 0 Å². The highest BCUT2D eigenvalue weighted by molar-refractivity contribution is 7.09. The SMILES string of the molecule is NC(=O)c1ccc(NCc2cccs2)nn1. The molecule has 0 aliphatic rings. The lowest BCUT2D eigenvalue weighted by molar-refractivity contribution is 0.0994. The van der Waals surface area contributed by atoms with Crippen LogP contribution in [0.1, 0.15) is 15.4 Å². The van der Waals surface area contributed by atoms with Crippen molar-refractivity contribution in [1.82, 2.24) is 10.2 Å². The topological polar surface area (TPSA) is 80.9 Å². The Morgan fingerprint density at radius 1 is 1.38 bits per heavy atom. The maximum Gasteiger partial charge on any atom is 0.269 e. The van der Waals surface area contributed by atoms with E-state index in [1.165, 1.54) is 4.88 Å². The molecule has 0 bridgehead atoms. The first-order valence-corrected chi connectivity index (χ1v) is 5.53. The van der Waals surface area contributed by atoms with Crippen LogP contribution in [0.15, 0.2) is 29.6 Å². The third-order valence-electron chi connectivity index (χ3n) is 1.94. The summed E-state index contributed by atoms with van der Waals surface area (Å²) in [6.07, 6.45) is 0. The van der Waals surface area contributed by atoms with Crippen LogP contribution in [0.4, 0.5) is 5.82 Å². The third kappa shape index (κ3) is 2.54. The zero-order chi connectivity index (χ0) is 11.4. The summed E-state index contributed by atoms with van der Waals surface area (Å²) in [5.41, 5.74) is 5.22. The molecule has 82 valence electrons. The van der Waals surface area contributed by atoms with Crippen LogP contribution in [0.2, 0.25) is 0 Å². The molecule has 0 aliphatic carbocycles. The minimum atomic E-state index is -0.572. The van der Waals surface area contributed by atoms with Gasteiger partial charge in [-0.3, -0.25) is 4.79 Å². The largest absolute Gasteiger partial charge is 0.364 e. The second-order valence-electron chi connectivity index (χ2n) is 3.10. The van der Waals surface area contributed by atoms with E-state index in [1.807, 2.05) is 17.5 Å². The lowest BCUT2D eigenvalue weighted by Gasteiger charge is -2.02. The van der Waals surface area contributed by atoms with E-state index in [4.69, 9.17) is 5.73 Å². The van der Waals surface area contributed by atoms with E-state index in [0.717, 1.165) is 0 Å². The van der Waals surface area contributed by atoms with Gasteiger partial charge in [0, 0.05) is 4.88 Å². The quantitative estimate of drug-likeness (QED) is 0.834. The highest BCUT2D eigenvalue weighted by Gasteiger charge is 2.02. The number of carbonyl (C=O) groups excluding carboxylic acids is 1. The summed E-state index contributed by atoms with van der Waals surface area (Å²) in [6, 6.07) is 7.25. The molecule has 0 atom stereocenters. The summed E-state index contributed by atoms with van der Waals surface area (Å²) >= 11 is 1.67. The van der Waals surface area contributed by atoms with E-state index in [2.05, 4.69) is 15.5 Å². The van der Waals surface area contributed by atoms with Crippen LogP contribution in [-0.2, 0) is 6.54 Å². The molecule has 0 aromatic carbocycles. The van der Waals surface area contributed by atoms with Gasteiger partial charge in [-0.1, -0.05) is 6.07 Å². The predicted molar refractivity (Wildman–Crippen MR) is 62.2 cm³/mol. The summed E-state index contributed by atoms with van der Waals surface area (Å²) in [4.78, 5) is 12.0. The van der Waals surface area contributed by atoms with Crippen molar-refractivity contribution in [3.8, 4) is 0 Å². The number of nitrogens with zero attached hydrogens (tertiary/aromatic N) is 2. The van der Waals surface area contributed by atoms with E-state index in [0.29, 0.717) is 12.4 Å². The molecule has 3 N–H and O–H groups in total. The standard InChI is InChI=1S/C10H10N4OS/c11-10(15)8-3-4-9(14-13-8)12-6-7-2-1-5-16-7/h1-5H,6H2,(H2,11,15)(H,12,14). The molecule has 2 aromatic rings. The number of amides is 1. The smallest absolute Gasteiger partial charge is 0.269 e. The van der Waals surface area contributed by atoms with Crippen molar-refractivity contribution in [2.45, 2.75) is 6.54 Å². The molecule has 2 heterocycles. The van der Waals surface area contributed by atoms with Crippen LogP contribution >= 0.6 is 11.3 Å². The monoisotopic (exact) mass is 234 g/mol. The second kappa shape index (κ2) is 4.71. The van der Waals surface area contributed by atoms with E-state index in [1.54, 1.807) is 23.5 Å². The van der Waals surface area contributed by atoms with Gasteiger partial charge in [-0.15, -0.1) is 21.5 Å². The van der Waals surface area contributed by atoms with Crippen LogP contribution in [0.25, 0.3) is 0 Å². The predicted octanol–water partition coefficient (Wildman–Crippen LogP) is 1.25. The molecule has 1 amide bonds. The first kappa shape index (κ1) is 10.6. The van der Waals surface area contributed by atoms with Crippen LogP contribution < -0.4 is 11.1 Å². The van der Waals surface area contributed by atoms with Crippen molar-refractivity contribution >= 4 is 23.1 Å². The molecule has 0 saturated carbocycles. The van der Waals surface area contributed by atoms with Crippen molar-refractivity contribution in [2.75, 3.05) is 5.32 Å². The minimum absolute atomic E-state index is 0.168. The van der Waals surface area contributed by atoms with E-state index < -0.39 is 5.91 Å². The number of anilines is 1. The Hall–Kier alpha value is -1.95. The molecule has 0 radical (unpaired) electrons. The Morgan fingerprint density at radius 3 is 2.81 bits per heavy atom. The molecule has 0 spiro atoms.